The Morgan fingerprint density at radius 3 is 2.68 bits per heavy atom. The minimum Gasteiger partial charge on any atom is -0.391 e. The molecular weight excluding hydrogens is 350 g/mol. The lowest BCUT2D eigenvalue weighted by Crippen LogP contribution is -2.32. The third kappa shape index (κ3) is 2.93. The summed E-state index contributed by atoms with van der Waals surface area (Å²) < 4.78 is 0. The second kappa shape index (κ2) is 6.75. The van der Waals surface area contributed by atoms with Crippen molar-refractivity contribution in [2.24, 2.45) is 5.16 Å². The van der Waals surface area contributed by atoms with Crippen LogP contribution in [0.3, 0.4) is 0 Å². The van der Waals surface area contributed by atoms with Gasteiger partial charge in [-0.25, -0.2) is 0 Å². The molecule has 0 bridgehead atoms. The van der Waals surface area contributed by atoms with E-state index < -0.39 is 0 Å². The second-order valence-electron chi connectivity index (χ2n) is 7.54. The highest BCUT2D eigenvalue weighted by Crippen LogP contribution is 2.53. The fourth-order valence-corrected chi connectivity index (χ4v) is 4.10. The van der Waals surface area contributed by atoms with Crippen molar-refractivity contribution in [1.29, 1.82) is 0 Å². The zero-order valence-corrected chi connectivity index (χ0v) is 15.5. The summed E-state index contributed by atoms with van der Waals surface area (Å²) in [6, 6.07) is 20.2. The molecule has 1 unspecified atom stereocenters. The van der Waals surface area contributed by atoms with Crippen molar-refractivity contribution in [3.63, 3.8) is 0 Å². The van der Waals surface area contributed by atoms with Gasteiger partial charge in [-0.1, -0.05) is 59.8 Å². The number of hydrogen-bond acceptors (Lipinski definition) is 4. The third-order valence-electron chi connectivity index (χ3n) is 5.83. The summed E-state index contributed by atoms with van der Waals surface area (Å²) in [6.45, 7) is 0.380. The molecule has 5 nitrogen and oxygen atoms in total. The van der Waals surface area contributed by atoms with Crippen LogP contribution >= 0.6 is 0 Å². The molecule has 3 aromatic rings. The van der Waals surface area contributed by atoms with E-state index in [9.17, 15) is 4.79 Å². The van der Waals surface area contributed by atoms with Gasteiger partial charge < -0.3 is 10.2 Å². The minimum absolute atomic E-state index is 0.0532. The minimum atomic E-state index is -0.188. The molecular formula is C23H21N3O2. The summed E-state index contributed by atoms with van der Waals surface area (Å²) >= 11 is 0. The Hall–Kier alpha value is -3.21. The molecule has 140 valence electrons. The first kappa shape index (κ1) is 16.9. The maximum atomic E-state index is 12.7. The molecule has 1 amide bonds. The zero-order valence-electron chi connectivity index (χ0n) is 15.5. The van der Waals surface area contributed by atoms with Crippen molar-refractivity contribution >= 4 is 22.4 Å². The molecule has 1 aliphatic carbocycles. The molecule has 1 atom stereocenters. The van der Waals surface area contributed by atoms with Crippen LogP contribution in [0.4, 0.5) is 0 Å². The van der Waals surface area contributed by atoms with Crippen LogP contribution in [0.2, 0.25) is 0 Å². The van der Waals surface area contributed by atoms with Crippen LogP contribution < -0.4 is 5.32 Å². The third-order valence-corrected chi connectivity index (χ3v) is 5.83. The highest BCUT2D eigenvalue weighted by molar-refractivity contribution is 6.06. The standard InChI is InChI=1S/C23H21N3O2/c27-22(21-19-9-5-4-6-16(19)10-13-24-21)25-15-18-14-20(28-26-18)23(11-12-23)17-7-2-1-3-8-17/h1-10,13,20H,11-12,14-15H2,(H,25,27). The van der Waals surface area contributed by atoms with E-state index in [1.807, 2.05) is 36.4 Å². The summed E-state index contributed by atoms with van der Waals surface area (Å²) in [4.78, 5) is 22.7. The lowest BCUT2D eigenvalue weighted by atomic mass is 9.87. The summed E-state index contributed by atoms with van der Waals surface area (Å²) in [5, 5.41) is 9.07. The van der Waals surface area contributed by atoms with Gasteiger partial charge in [-0.3, -0.25) is 9.78 Å². The highest BCUT2D eigenvalue weighted by Gasteiger charge is 2.54. The van der Waals surface area contributed by atoms with E-state index in [-0.39, 0.29) is 17.4 Å². The van der Waals surface area contributed by atoms with Gasteiger partial charge in [-0.05, 0) is 29.9 Å². The van der Waals surface area contributed by atoms with Crippen LogP contribution in [0.15, 0.2) is 72.0 Å². The van der Waals surface area contributed by atoms with Gasteiger partial charge in [0, 0.05) is 23.4 Å². The molecule has 1 aliphatic heterocycles. The largest absolute Gasteiger partial charge is 0.391 e. The zero-order chi connectivity index (χ0) is 19.0. The van der Waals surface area contributed by atoms with Gasteiger partial charge in [0.2, 0.25) is 0 Å². The number of carbonyl (C=O) groups excluding carboxylic acids is 1. The van der Waals surface area contributed by atoms with Gasteiger partial charge in [0.05, 0.1) is 12.3 Å². The maximum absolute atomic E-state index is 12.7. The number of nitrogens with one attached hydrogen (secondary N) is 1. The molecule has 0 spiro atoms. The van der Waals surface area contributed by atoms with Gasteiger partial charge >= 0.3 is 0 Å². The molecule has 1 N–H and O–H groups in total. The topological polar surface area (TPSA) is 63.6 Å². The maximum Gasteiger partial charge on any atom is 0.270 e. The van der Waals surface area contributed by atoms with E-state index in [2.05, 4.69) is 39.7 Å². The highest BCUT2D eigenvalue weighted by atomic mass is 16.6. The van der Waals surface area contributed by atoms with E-state index in [4.69, 9.17) is 4.84 Å². The molecule has 0 saturated heterocycles. The molecule has 28 heavy (non-hydrogen) atoms. The molecule has 2 heterocycles. The number of oxime groups is 1. The number of rotatable bonds is 5. The Morgan fingerprint density at radius 1 is 1.07 bits per heavy atom. The van der Waals surface area contributed by atoms with Crippen molar-refractivity contribution < 1.29 is 9.63 Å². The summed E-state index contributed by atoms with van der Waals surface area (Å²) in [5.74, 6) is -0.188. The van der Waals surface area contributed by atoms with E-state index in [1.165, 1.54) is 5.56 Å². The van der Waals surface area contributed by atoms with Gasteiger partial charge in [-0.2, -0.15) is 0 Å². The Kier molecular flexibility index (Phi) is 4.08. The van der Waals surface area contributed by atoms with Crippen molar-refractivity contribution in [3.05, 3.63) is 78.1 Å². The van der Waals surface area contributed by atoms with Gasteiger partial charge in [0.1, 0.15) is 11.8 Å². The van der Waals surface area contributed by atoms with Crippen molar-refractivity contribution in [1.82, 2.24) is 10.3 Å². The van der Waals surface area contributed by atoms with E-state index in [0.29, 0.717) is 12.2 Å². The first-order valence-electron chi connectivity index (χ1n) is 9.65. The van der Waals surface area contributed by atoms with Crippen LogP contribution in [0.25, 0.3) is 10.8 Å². The number of nitrogens with zero attached hydrogens (tertiary/aromatic N) is 2. The van der Waals surface area contributed by atoms with E-state index >= 15 is 0 Å². The number of hydrogen-bond donors (Lipinski definition) is 1. The van der Waals surface area contributed by atoms with Crippen LogP contribution in [0.1, 0.15) is 35.3 Å². The van der Waals surface area contributed by atoms with Gasteiger partial charge in [0.15, 0.2) is 0 Å². The molecule has 5 rings (SSSR count). The number of fused-ring (bicyclic) bond motifs is 1. The molecule has 5 heteroatoms. The SMILES string of the molecule is O=C(NCC1=NOC(C2(c3ccccc3)CC2)C1)c1nccc2ccccc12. The Morgan fingerprint density at radius 2 is 1.86 bits per heavy atom. The van der Waals surface area contributed by atoms with E-state index in [1.54, 1.807) is 6.20 Å². The predicted molar refractivity (Wildman–Crippen MR) is 108 cm³/mol. The first-order chi connectivity index (χ1) is 13.8. The molecule has 1 saturated carbocycles. The van der Waals surface area contributed by atoms with Crippen LogP contribution in [-0.2, 0) is 10.3 Å². The Bertz CT molecular complexity index is 1050. The van der Waals surface area contributed by atoms with Crippen LogP contribution in [0.5, 0.6) is 0 Å². The molecule has 1 aromatic heterocycles. The monoisotopic (exact) mass is 371 g/mol. The first-order valence-corrected chi connectivity index (χ1v) is 9.65. The van der Waals surface area contributed by atoms with Crippen molar-refractivity contribution in [2.75, 3.05) is 6.54 Å². The second-order valence-corrected chi connectivity index (χ2v) is 7.54. The lowest BCUT2D eigenvalue weighted by molar-refractivity contribution is 0.0560. The van der Waals surface area contributed by atoms with Crippen molar-refractivity contribution in [2.45, 2.75) is 30.8 Å². The number of amides is 1. The summed E-state index contributed by atoms with van der Waals surface area (Å²) in [5.41, 5.74) is 2.71. The van der Waals surface area contributed by atoms with Gasteiger partial charge in [0.25, 0.3) is 5.91 Å². The number of aromatic nitrogens is 1. The fraction of sp³-hybridized carbons (Fsp3) is 0.261. The fourth-order valence-electron chi connectivity index (χ4n) is 4.10. The van der Waals surface area contributed by atoms with E-state index in [0.717, 1.165) is 35.7 Å². The Labute approximate surface area is 163 Å². The molecule has 2 aromatic carbocycles. The van der Waals surface area contributed by atoms with Crippen LogP contribution in [-0.4, -0.2) is 29.3 Å². The van der Waals surface area contributed by atoms with Gasteiger partial charge in [-0.15, -0.1) is 0 Å². The number of pyridine rings is 1. The summed E-state index contributed by atoms with van der Waals surface area (Å²) in [7, 11) is 0. The predicted octanol–water partition coefficient (Wildman–Crippen LogP) is 3.84. The summed E-state index contributed by atoms with van der Waals surface area (Å²) in [6.07, 6.45) is 4.71. The molecule has 1 fully saturated rings. The molecule has 2 aliphatic rings. The average Bonchev–Trinajstić information content (AvgIpc) is 3.43. The molecule has 0 radical (unpaired) electrons. The quantitative estimate of drug-likeness (QED) is 0.741. The lowest BCUT2D eigenvalue weighted by Gasteiger charge is -2.21. The Balaban J connectivity index is 1.24. The van der Waals surface area contributed by atoms with Crippen molar-refractivity contribution in [3.8, 4) is 0 Å². The number of benzene rings is 2. The smallest absolute Gasteiger partial charge is 0.270 e. The normalized spacial score (nSPS) is 19.7. The average molecular weight is 371 g/mol. The van der Waals surface area contributed by atoms with Crippen LogP contribution in [0, 0.1) is 0 Å². The number of carbonyl (C=O) groups is 1.